The number of carbonyl (C=O) groups excluding carboxylic acids is 3. The van der Waals surface area contributed by atoms with Crippen LogP contribution in [-0.4, -0.2) is 31.1 Å². The molecular weight excluding hydrogens is 372 g/mol. The Bertz CT molecular complexity index is 826. The van der Waals surface area contributed by atoms with Gasteiger partial charge in [-0.2, -0.15) is 0 Å². The van der Waals surface area contributed by atoms with Crippen LogP contribution in [0.25, 0.3) is 0 Å². The van der Waals surface area contributed by atoms with Crippen molar-refractivity contribution in [3.05, 3.63) is 64.7 Å². The van der Waals surface area contributed by atoms with Gasteiger partial charge in [-0.3, -0.25) is 10.1 Å². The van der Waals surface area contributed by atoms with Crippen LogP contribution in [0.5, 0.6) is 5.75 Å². The van der Waals surface area contributed by atoms with Crippen LogP contribution in [-0.2, 0) is 16.1 Å². The van der Waals surface area contributed by atoms with Crippen LogP contribution in [0.3, 0.4) is 0 Å². The molecule has 2 aromatic rings. The highest BCUT2D eigenvalue weighted by molar-refractivity contribution is 6.31. The van der Waals surface area contributed by atoms with Gasteiger partial charge in [0.2, 0.25) is 0 Å². The van der Waals surface area contributed by atoms with Crippen LogP contribution in [0.15, 0.2) is 48.5 Å². The van der Waals surface area contributed by atoms with E-state index in [1.165, 1.54) is 26.2 Å². The molecule has 0 unspecified atom stereocenters. The average molecular weight is 391 g/mol. The molecular formula is C19H19ClN2O5. The highest BCUT2D eigenvalue weighted by Gasteiger charge is 2.23. The SMILES string of the molecule is COc1ccc(Cl)cc1C(=O)O[C@H](C)C(=O)NC(=O)NCc1ccccc1. The second kappa shape index (κ2) is 9.59. The molecule has 0 spiro atoms. The lowest BCUT2D eigenvalue weighted by atomic mass is 10.2. The summed E-state index contributed by atoms with van der Waals surface area (Å²) in [5.74, 6) is -1.28. The Hall–Kier alpha value is -3.06. The summed E-state index contributed by atoms with van der Waals surface area (Å²) in [6.07, 6.45) is -1.19. The fraction of sp³-hybridized carbons (Fsp3) is 0.211. The number of urea groups is 1. The molecule has 2 rings (SSSR count). The number of carbonyl (C=O) groups is 3. The van der Waals surface area contributed by atoms with Gasteiger partial charge in [0, 0.05) is 11.6 Å². The molecule has 1 atom stereocenters. The van der Waals surface area contributed by atoms with Gasteiger partial charge in [-0.15, -0.1) is 0 Å². The molecule has 0 aliphatic rings. The lowest BCUT2D eigenvalue weighted by Crippen LogP contribution is -2.44. The standard InChI is InChI=1S/C19H19ClN2O5/c1-12(27-18(24)15-10-14(20)8-9-16(15)26-2)17(23)22-19(25)21-11-13-6-4-3-5-7-13/h3-10,12H,11H2,1-2H3,(H2,21,22,23,25)/t12-/m1/s1. The highest BCUT2D eigenvalue weighted by atomic mass is 35.5. The zero-order valence-corrected chi connectivity index (χ0v) is 15.6. The molecule has 0 bridgehead atoms. The third-order valence-corrected chi connectivity index (χ3v) is 3.80. The first-order chi connectivity index (χ1) is 12.9. The van der Waals surface area contributed by atoms with E-state index in [0.717, 1.165) is 5.56 Å². The molecule has 0 aromatic heterocycles. The maximum atomic E-state index is 12.2. The van der Waals surface area contributed by atoms with Crippen molar-refractivity contribution in [1.29, 1.82) is 0 Å². The molecule has 27 heavy (non-hydrogen) atoms. The summed E-state index contributed by atoms with van der Waals surface area (Å²) >= 11 is 5.88. The molecule has 8 heteroatoms. The zero-order valence-electron chi connectivity index (χ0n) is 14.8. The van der Waals surface area contributed by atoms with E-state index in [-0.39, 0.29) is 17.9 Å². The topological polar surface area (TPSA) is 93.7 Å². The molecule has 0 radical (unpaired) electrons. The fourth-order valence-electron chi connectivity index (χ4n) is 2.15. The number of benzene rings is 2. The molecule has 3 amide bonds. The number of ether oxygens (including phenoxy) is 2. The summed E-state index contributed by atoms with van der Waals surface area (Å²) in [6, 6.07) is 13.0. The Labute approximate surface area is 161 Å². The summed E-state index contributed by atoms with van der Waals surface area (Å²) in [4.78, 5) is 36.1. The van der Waals surface area contributed by atoms with E-state index in [1.807, 2.05) is 30.3 Å². The molecule has 0 saturated heterocycles. The maximum absolute atomic E-state index is 12.2. The van der Waals surface area contributed by atoms with Gasteiger partial charge in [0.25, 0.3) is 5.91 Å². The second-order valence-corrected chi connectivity index (χ2v) is 5.99. The summed E-state index contributed by atoms with van der Waals surface area (Å²) in [5.41, 5.74) is 0.964. The van der Waals surface area contributed by atoms with Crippen molar-refractivity contribution in [2.24, 2.45) is 0 Å². The zero-order chi connectivity index (χ0) is 19.8. The normalized spacial score (nSPS) is 11.2. The molecule has 0 saturated carbocycles. The van der Waals surface area contributed by atoms with Crippen molar-refractivity contribution in [3.63, 3.8) is 0 Å². The molecule has 0 aliphatic heterocycles. The predicted octanol–water partition coefficient (Wildman–Crippen LogP) is 2.92. The smallest absolute Gasteiger partial charge is 0.342 e. The number of rotatable bonds is 6. The average Bonchev–Trinajstić information content (AvgIpc) is 2.67. The van der Waals surface area contributed by atoms with Crippen LogP contribution in [0, 0.1) is 0 Å². The number of imide groups is 1. The minimum Gasteiger partial charge on any atom is -0.496 e. The fourth-order valence-corrected chi connectivity index (χ4v) is 2.33. The Balaban J connectivity index is 1.88. The van der Waals surface area contributed by atoms with E-state index in [9.17, 15) is 14.4 Å². The predicted molar refractivity (Wildman–Crippen MR) is 99.7 cm³/mol. The minimum absolute atomic E-state index is 0.0816. The Morgan fingerprint density at radius 1 is 1.11 bits per heavy atom. The first-order valence-electron chi connectivity index (χ1n) is 8.08. The summed E-state index contributed by atoms with van der Waals surface area (Å²) in [5, 5.41) is 4.99. The number of hydrogen-bond acceptors (Lipinski definition) is 5. The van der Waals surface area contributed by atoms with Crippen LogP contribution in [0.4, 0.5) is 4.79 Å². The molecule has 0 aliphatic carbocycles. The Kier molecular flexibility index (Phi) is 7.19. The minimum atomic E-state index is -1.19. The lowest BCUT2D eigenvalue weighted by Gasteiger charge is -2.14. The maximum Gasteiger partial charge on any atom is 0.342 e. The van der Waals surface area contributed by atoms with Crippen LogP contribution in [0.1, 0.15) is 22.8 Å². The number of methoxy groups -OCH3 is 1. The van der Waals surface area contributed by atoms with E-state index in [0.29, 0.717) is 5.02 Å². The number of esters is 1. The number of nitrogens with one attached hydrogen (secondary N) is 2. The number of hydrogen-bond donors (Lipinski definition) is 2. The van der Waals surface area contributed by atoms with E-state index < -0.39 is 24.0 Å². The van der Waals surface area contributed by atoms with Crippen molar-refractivity contribution < 1.29 is 23.9 Å². The molecule has 2 aromatic carbocycles. The van der Waals surface area contributed by atoms with Gasteiger partial charge in [-0.25, -0.2) is 9.59 Å². The van der Waals surface area contributed by atoms with E-state index in [1.54, 1.807) is 6.07 Å². The third-order valence-electron chi connectivity index (χ3n) is 3.57. The van der Waals surface area contributed by atoms with Crippen LogP contribution in [0.2, 0.25) is 5.02 Å². The monoisotopic (exact) mass is 390 g/mol. The van der Waals surface area contributed by atoms with Gasteiger partial charge in [0.15, 0.2) is 6.10 Å². The first-order valence-corrected chi connectivity index (χ1v) is 8.45. The van der Waals surface area contributed by atoms with Crippen molar-refractivity contribution in [3.8, 4) is 5.75 Å². The Morgan fingerprint density at radius 3 is 2.48 bits per heavy atom. The number of amides is 3. The summed E-state index contributed by atoms with van der Waals surface area (Å²) in [6.45, 7) is 1.61. The van der Waals surface area contributed by atoms with E-state index >= 15 is 0 Å². The lowest BCUT2D eigenvalue weighted by molar-refractivity contribution is -0.127. The summed E-state index contributed by atoms with van der Waals surface area (Å²) in [7, 11) is 1.40. The van der Waals surface area contributed by atoms with E-state index in [4.69, 9.17) is 21.1 Å². The van der Waals surface area contributed by atoms with Crippen molar-refractivity contribution in [1.82, 2.24) is 10.6 Å². The van der Waals surface area contributed by atoms with Gasteiger partial charge in [-0.05, 0) is 30.7 Å². The molecule has 0 fully saturated rings. The van der Waals surface area contributed by atoms with Gasteiger partial charge in [-0.1, -0.05) is 41.9 Å². The van der Waals surface area contributed by atoms with Gasteiger partial charge in [0.1, 0.15) is 11.3 Å². The van der Waals surface area contributed by atoms with Crippen molar-refractivity contribution in [2.75, 3.05) is 7.11 Å². The largest absolute Gasteiger partial charge is 0.496 e. The van der Waals surface area contributed by atoms with Gasteiger partial charge >= 0.3 is 12.0 Å². The van der Waals surface area contributed by atoms with Crippen LogP contribution >= 0.6 is 11.6 Å². The molecule has 142 valence electrons. The summed E-state index contributed by atoms with van der Waals surface area (Å²) < 4.78 is 10.2. The van der Waals surface area contributed by atoms with Crippen molar-refractivity contribution >= 4 is 29.5 Å². The van der Waals surface area contributed by atoms with E-state index in [2.05, 4.69) is 10.6 Å². The molecule has 2 N–H and O–H groups in total. The highest BCUT2D eigenvalue weighted by Crippen LogP contribution is 2.23. The van der Waals surface area contributed by atoms with Crippen LogP contribution < -0.4 is 15.4 Å². The molecule has 7 nitrogen and oxygen atoms in total. The quantitative estimate of drug-likeness (QED) is 0.739. The first kappa shape index (κ1) is 20.3. The second-order valence-electron chi connectivity index (χ2n) is 5.55. The van der Waals surface area contributed by atoms with Gasteiger partial charge in [0.05, 0.1) is 7.11 Å². The number of halogens is 1. The van der Waals surface area contributed by atoms with Crippen molar-refractivity contribution in [2.45, 2.75) is 19.6 Å². The molecule has 0 heterocycles. The van der Waals surface area contributed by atoms with Gasteiger partial charge < -0.3 is 14.8 Å². The third kappa shape index (κ3) is 6.00. The Morgan fingerprint density at radius 2 is 1.81 bits per heavy atom.